The third-order valence-corrected chi connectivity index (χ3v) is 18.6. The molecule has 0 spiro atoms. The molecule has 2 unspecified atom stereocenters. The number of unbranched alkanes of at least 4 members (excludes halogenated alkanes) is 41. The molecule has 0 rings (SSSR count). The molecule has 5 atom stereocenters. The van der Waals surface area contributed by atoms with Crippen LogP contribution in [0, 0.1) is 5.92 Å². The molecule has 0 aliphatic heterocycles. The van der Waals surface area contributed by atoms with Crippen molar-refractivity contribution in [3.05, 3.63) is 24.3 Å². The van der Waals surface area contributed by atoms with Crippen molar-refractivity contribution in [2.24, 2.45) is 5.92 Å². The van der Waals surface area contributed by atoms with Gasteiger partial charge < -0.3 is 33.8 Å². The molecule has 0 radical (unpaired) electrons. The monoisotopic (exact) mass is 1360 g/mol. The fourth-order valence-corrected chi connectivity index (χ4v) is 12.4. The maximum atomic E-state index is 13.1. The topological polar surface area (TPSA) is 237 Å². The zero-order valence-electron chi connectivity index (χ0n) is 59.9. The molecule has 0 fully saturated rings. The Morgan fingerprint density at radius 1 is 0.333 bits per heavy atom. The summed E-state index contributed by atoms with van der Waals surface area (Å²) in [6, 6.07) is 0. The van der Waals surface area contributed by atoms with Crippen molar-refractivity contribution < 1.29 is 80.2 Å². The molecule has 0 aliphatic rings. The van der Waals surface area contributed by atoms with Gasteiger partial charge in [-0.25, -0.2) is 9.13 Å². The van der Waals surface area contributed by atoms with Crippen molar-refractivity contribution in [3.8, 4) is 0 Å². The molecule has 19 heteroatoms. The summed E-state index contributed by atoms with van der Waals surface area (Å²) in [5.41, 5.74) is 0. The Labute approximate surface area is 567 Å². The van der Waals surface area contributed by atoms with Gasteiger partial charge in [-0.15, -0.1) is 0 Å². The van der Waals surface area contributed by atoms with Crippen molar-refractivity contribution in [3.63, 3.8) is 0 Å². The van der Waals surface area contributed by atoms with E-state index in [-0.39, 0.29) is 25.7 Å². The highest BCUT2D eigenvalue weighted by Crippen LogP contribution is 2.45. The number of phosphoric acid groups is 2. The second-order valence-electron chi connectivity index (χ2n) is 26.5. The molecule has 548 valence electrons. The Balaban J connectivity index is 5.27. The number of hydrogen-bond donors (Lipinski definition) is 3. The summed E-state index contributed by atoms with van der Waals surface area (Å²) in [4.78, 5) is 72.7. The zero-order valence-corrected chi connectivity index (χ0v) is 61.7. The van der Waals surface area contributed by atoms with Gasteiger partial charge >= 0.3 is 39.5 Å². The predicted octanol–water partition coefficient (Wildman–Crippen LogP) is 21.2. The van der Waals surface area contributed by atoms with Crippen molar-refractivity contribution in [2.75, 3.05) is 39.6 Å². The maximum Gasteiger partial charge on any atom is 0.472 e. The molecule has 0 aromatic heterocycles. The molecular weight excluding hydrogens is 1220 g/mol. The standard InChI is InChI=1S/C74H140O17P2/c1-6-9-12-15-18-21-24-26-28-29-31-33-35-38-44-49-54-59-73(78)90-69(63-85-72(77)58-53-48-43-37-34-32-30-27-25-22-19-16-13-10-7-2)65-88-92(80,81)86-61-68(75)62-87-93(82,83)89-66-70(64-84-71(76)57-52-47-42-36-23-20-17-14-11-8-3)91-74(79)60-55-50-45-40-39-41-46-51-56-67(4)5/h22,25,27,30,67-70,75H,6-21,23-24,26,28-29,31-66H2,1-5H3,(H,80,81)(H,82,83)/b25-22-,30-27-/t68-,69-,70-/m1/s1. The van der Waals surface area contributed by atoms with Gasteiger partial charge in [-0.2, -0.15) is 0 Å². The summed E-state index contributed by atoms with van der Waals surface area (Å²) in [5, 5.41) is 10.6. The van der Waals surface area contributed by atoms with Crippen LogP contribution in [0.3, 0.4) is 0 Å². The summed E-state index contributed by atoms with van der Waals surface area (Å²) in [6.45, 7) is 7.16. The largest absolute Gasteiger partial charge is 0.472 e. The van der Waals surface area contributed by atoms with E-state index in [1.165, 1.54) is 167 Å². The Kier molecular flexibility index (Phi) is 65.0. The van der Waals surface area contributed by atoms with Crippen LogP contribution < -0.4 is 0 Å². The first kappa shape index (κ1) is 90.5. The van der Waals surface area contributed by atoms with Crippen LogP contribution in [-0.4, -0.2) is 96.7 Å². The van der Waals surface area contributed by atoms with Crippen molar-refractivity contribution in [2.45, 2.75) is 380 Å². The van der Waals surface area contributed by atoms with E-state index < -0.39 is 97.5 Å². The highest BCUT2D eigenvalue weighted by atomic mass is 31.2. The highest BCUT2D eigenvalue weighted by molar-refractivity contribution is 7.47. The van der Waals surface area contributed by atoms with Gasteiger partial charge in [0.1, 0.15) is 19.3 Å². The van der Waals surface area contributed by atoms with Gasteiger partial charge in [-0.3, -0.25) is 37.3 Å². The fourth-order valence-electron chi connectivity index (χ4n) is 10.8. The van der Waals surface area contributed by atoms with Gasteiger partial charge in [-0.05, 0) is 57.3 Å². The minimum Gasteiger partial charge on any atom is -0.462 e. The van der Waals surface area contributed by atoms with E-state index in [2.05, 4.69) is 58.9 Å². The number of hydrogen-bond acceptors (Lipinski definition) is 15. The lowest BCUT2D eigenvalue weighted by Crippen LogP contribution is -2.30. The van der Waals surface area contributed by atoms with E-state index >= 15 is 0 Å². The van der Waals surface area contributed by atoms with Crippen LogP contribution in [0.5, 0.6) is 0 Å². The van der Waals surface area contributed by atoms with Crippen molar-refractivity contribution in [1.29, 1.82) is 0 Å². The zero-order chi connectivity index (χ0) is 68.4. The molecule has 0 bridgehead atoms. The van der Waals surface area contributed by atoms with E-state index in [1.54, 1.807) is 0 Å². The molecule has 0 saturated heterocycles. The molecule has 0 heterocycles. The molecule has 0 amide bonds. The van der Waals surface area contributed by atoms with E-state index in [1.807, 2.05) is 0 Å². The molecule has 0 aromatic carbocycles. The maximum absolute atomic E-state index is 13.1. The Bertz CT molecular complexity index is 1880. The molecule has 0 saturated carbocycles. The van der Waals surface area contributed by atoms with Crippen LogP contribution in [0.25, 0.3) is 0 Å². The first-order valence-corrected chi connectivity index (χ1v) is 40.9. The lowest BCUT2D eigenvalue weighted by atomic mass is 10.0. The lowest BCUT2D eigenvalue weighted by molar-refractivity contribution is -0.161. The second-order valence-corrected chi connectivity index (χ2v) is 29.4. The highest BCUT2D eigenvalue weighted by Gasteiger charge is 2.30. The van der Waals surface area contributed by atoms with Crippen LogP contribution in [0.15, 0.2) is 24.3 Å². The van der Waals surface area contributed by atoms with E-state index in [0.29, 0.717) is 25.7 Å². The van der Waals surface area contributed by atoms with E-state index in [0.717, 1.165) is 115 Å². The molecule has 0 aromatic rings. The second kappa shape index (κ2) is 66.8. The lowest BCUT2D eigenvalue weighted by Gasteiger charge is -2.21. The number of ether oxygens (including phenoxy) is 4. The Morgan fingerprint density at radius 3 is 0.882 bits per heavy atom. The third kappa shape index (κ3) is 67.9. The Morgan fingerprint density at radius 2 is 0.581 bits per heavy atom. The van der Waals surface area contributed by atoms with Crippen LogP contribution in [-0.2, 0) is 65.4 Å². The van der Waals surface area contributed by atoms with Crippen LogP contribution >= 0.6 is 15.6 Å². The predicted molar refractivity (Wildman–Crippen MR) is 377 cm³/mol. The van der Waals surface area contributed by atoms with Crippen LogP contribution in [0.2, 0.25) is 0 Å². The first-order chi connectivity index (χ1) is 45.0. The van der Waals surface area contributed by atoms with Gasteiger partial charge in [0, 0.05) is 25.7 Å². The summed E-state index contributed by atoms with van der Waals surface area (Å²) in [5.74, 6) is -1.43. The Hall–Kier alpha value is -2.46. The average molecular weight is 1360 g/mol. The molecule has 93 heavy (non-hydrogen) atoms. The number of carbonyl (C=O) groups excluding carboxylic acids is 4. The summed E-state index contributed by atoms with van der Waals surface area (Å²) < 4.78 is 68.4. The number of carbonyl (C=O) groups is 4. The van der Waals surface area contributed by atoms with Crippen molar-refractivity contribution in [1.82, 2.24) is 0 Å². The number of aliphatic hydroxyl groups is 1. The van der Waals surface area contributed by atoms with Gasteiger partial charge in [-0.1, -0.05) is 309 Å². The quantitative estimate of drug-likeness (QED) is 0.0169. The average Bonchev–Trinajstić information content (AvgIpc) is 1.80. The van der Waals surface area contributed by atoms with Crippen LogP contribution in [0.4, 0.5) is 0 Å². The minimum atomic E-state index is -4.96. The summed E-state index contributed by atoms with van der Waals surface area (Å²) in [7, 11) is -9.92. The van der Waals surface area contributed by atoms with Gasteiger partial charge in [0.2, 0.25) is 0 Å². The normalized spacial score (nSPS) is 14.2. The number of aliphatic hydroxyl groups excluding tert-OH is 1. The van der Waals surface area contributed by atoms with E-state index in [4.69, 9.17) is 37.0 Å². The van der Waals surface area contributed by atoms with Gasteiger partial charge in [0.25, 0.3) is 0 Å². The smallest absolute Gasteiger partial charge is 0.462 e. The molecular formula is C74H140O17P2. The number of phosphoric ester groups is 2. The third-order valence-electron chi connectivity index (χ3n) is 16.7. The summed E-state index contributed by atoms with van der Waals surface area (Å²) in [6.07, 6.45) is 57.7. The number of allylic oxidation sites excluding steroid dienone is 4. The van der Waals surface area contributed by atoms with E-state index in [9.17, 15) is 43.2 Å². The van der Waals surface area contributed by atoms with Crippen LogP contribution in [0.1, 0.15) is 362 Å². The molecule has 17 nitrogen and oxygen atoms in total. The fraction of sp³-hybridized carbons (Fsp3) is 0.892. The molecule has 0 aliphatic carbocycles. The summed E-state index contributed by atoms with van der Waals surface area (Å²) >= 11 is 0. The minimum absolute atomic E-state index is 0.102. The van der Waals surface area contributed by atoms with Gasteiger partial charge in [0.15, 0.2) is 12.2 Å². The SMILES string of the molecule is CCCCCC/C=C\C=C/CCCCCCCC(=O)OC[C@H](COP(=O)(O)OC[C@@H](O)COP(=O)(O)OC[C@@H](COC(=O)CCCCCCCCCCCC)OC(=O)CCCCCCCCCCC(C)C)OC(=O)CCCCCCCCCCCCCCCCCCC. The molecule has 3 N–H and O–H groups in total. The first-order valence-electron chi connectivity index (χ1n) is 38.0. The van der Waals surface area contributed by atoms with Crippen molar-refractivity contribution >= 4 is 39.5 Å². The number of esters is 4. The number of rotatable bonds is 72. The van der Waals surface area contributed by atoms with Gasteiger partial charge in [0.05, 0.1) is 26.4 Å².